The van der Waals surface area contributed by atoms with Gasteiger partial charge in [-0.05, 0) is 52.8 Å². The molecule has 1 aliphatic rings. The van der Waals surface area contributed by atoms with Crippen molar-refractivity contribution < 1.29 is 18.0 Å². The molecule has 1 aromatic carbocycles. The molecule has 1 amide bonds. The number of amides is 1. The molecular formula is C10H7F3INO. The van der Waals surface area contributed by atoms with Gasteiger partial charge in [-0.3, -0.25) is 4.79 Å². The van der Waals surface area contributed by atoms with E-state index in [2.05, 4.69) is 22.6 Å². The van der Waals surface area contributed by atoms with Crippen molar-refractivity contribution in [1.82, 2.24) is 0 Å². The van der Waals surface area contributed by atoms with Crippen molar-refractivity contribution in [3.8, 4) is 0 Å². The number of benzene rings is 1. The van der Waals surface area contributed by atoms with Crippen LogP contribution in [0.15, 0.2) is 18.2 Å². The summed E-state index contributed by atoms with van der Waals surface area (Å²) in [6.07, 6.45) is -4.32. The Labute approximate surface area is 104 Å². The van der Waals surface area contributed by atoms with Gasteiger partial charge in [0.05, 0.1) is 0 Å². The Kier molecular flexibility index (Phi) is 2.85. The molecule has 86 valence electrons. The molecule has 0 fully saturated rings. The lowest BCUT2D eigenvalue weighted by molar-refractivity contribution is -0.170. The van der Waals surface area contributed by atoms with E-state index >= 15 is 0 Å². The lowest BCUT2D eigenvalue weighted by Gasteiger charge is -2.18. The van der Waals surface area contributed by atoms with E-state index in [-0.39, 0.29) is 6.54 Å². The third-order valence-corrected chi connectivity index (χ3v) is 3.10. The third-order valence-electron chi connectivity index (χ3n) is 2.42. The van der Waals surface area contributed by atoms with Gasteiger partial charge in [0, 0.05) is 15.8 Å². The summed E-state index contributed by atoms with van der Waals surface area (Å²) in [7, 11) is 0. The average molecular weight is 341 g/mol. The van der Waals surface area contributed by atoms with Crippen LogP contribution in [0.5, 0.6) is 0 Å². The van der Waals surface area contributed by atoms with Gasteiger partial charge >= 0.3 is 12.1 Å². The standard InChI is InChI=1S/C10H7F3INO/c11-10(12,13)9(16)15-4-3-6-5-7(14)1-2-8(6)15/h1-2,5H,3-4H2. The second kappa shape index (κ2) is 3.90. The van der Waals surface area contributed by atoms with Crippen LogP contribution in [0.25, 0.3) is 0 Å². The Balaban J connectivity index is 2.34. The molecule has 0 N–H and O–H groups in total. The second-order valence-electron chi connectivity index (χ2n) is 3.48. The quantitative estimate of drug-likeness (QED) is 0.665. The molecule has 0 saturated heterocycles. The maximum absolute atomic E-state index is 12.3. The molecule has 0 spiro atoms. The molecular weight excluding hydrogens is 334 g/mol. The fourth-order valence-corrected chi connectivity index (χ4v) is 2.29. The molecule has 16 heavy (non-hydrogen) atoms. The average Bonchev–Trinajstić information content (AvgIpc) is 2.57. The van der Waals surface area contributed by atoms with Crippen molar-refractivity contribution >= 4 is 34.2 Å². The van der Waals surface area contributed by atoms with Crippen LogP contribution in [0.1, 0.15) is 5.56 Å². The molecule has 0 unspecified atom stereocenters. The Hall–Kier alpha value is -0.790. The highest BCUT2D eigenvalue weighted by atomic mass is 127. The van der Waals surface area contributed by atoms with Gasteiger partial charge in [-0.1, -0.05) is 0 Å². The number of alkyl halides is 3. The lowest BCUT2D eigenvalue weighted by atomic mass is 10.2. The van der Waals surface area contributed by atoms with Crippen molar-refractivity contribution in [2.45, 2.75) is 12.6 Å². The van der Waals surface area contributed by atoms with E-state index in [1.807, 2.05) is 0 Å². The van der Waals surface area contributed by atoms with E-state index in [0.717, 1.165) is 14.0 Å². The molecule has 1 aromatic rings. The van der Waals surface area contributed by atoms with Crippen LogP contribution in [-0.4, -0.2) is 18.6 Å². The summed E-state index contributed by atoms with van der Waals surface area (Å²) < 4.78 is 37.8. The molecule has 0 bridgehead atoms. The summed E-state index contributed by atoms with van der Waals surface area (Å²) >= 11 is 2.09. The van der Waals surface area contributed by atoms with Crippen molar-refractivity contribution in [3.63, 3.8) is 0 Å². The number of fused-ring (bicyclic) bond motifs is 1. The smallest absolute Gasteiger partial charge is 0.304 e. The fraction of sp³-hybridized carbons (Fsp3) is 0.300. The second-order valence-corrected chi connectivity index (χ2v) is 4.72. The van der Waals surface area contributed by atoms with Gasteiger partial charge in [0.2, 0.25) is 0 Å². The van der Waals surface area contributed by atoms with Crippen LogP contribution in [0, 0.1) is 3.57 Å². The van der Waals surface area contributed by atoms with Gasteiger partial charge in [-0.2, -0.15) is 13.2 Å². The van der Waals surface area contributed by atoms with Crippen LogP contribution in [0.3, 0.4) is 0 Å². The van der Waals surface area contributed by atoms with Crippen molar-refractivity contribution in [2.75, 3.05) is 11.4 Å². The normalized spacial score (nSPS) is 15.1. The maximum atomic E-state index is 12.3. The summed E-state index contributed by atoms with van der Waals surface area (Å²) in [5, 5.41) is 0. The van der Waals surface area contributed by atoms with Gasteiger partial charge < -0.3 is 4.90 Å². The molecule has 0 radical (unpaired) electrons. The fourth-order valence-electron chi connectivity index (χ4n) is 1.73. The van der Waals surface area contributed by atoms with E-state index in [9.17, 15) is 18.0 Å². The molecule has 2 rings (SSSR count). The zero-order valence-corrected chi connectivity index (χ0v) is 10.2. The largest absolute Gasteiger partial charge is 0.471 e. The molecule has 1 aliphatic heterocycles. The third kappa shape index (κ3) is 2.02. The van der Waals surface area contributed by atoms with Crippen LogP contribution in [0.4, 0.5) is 18.9 Å². The van der Waals surface area contributed by atoms with E-state index in [1.54, 1.807) is 18.2 Å². The van der Waals surface area contributed by atoms with Crippen molar-refractivity contribution in [1.29, 1.82) is 0 Å². The molecule has 6 heteroatoms. The summed E-state index contributed by atoms with van der Waals surface area (Å²) in [5.41, 5.74) is 1.17. The van der Waals surface area contributed by atoms with Crippen LogP contribution >= 0.6 is 22.6 Å². The molecule has 0 atom stereocenters. The minimum Gasteiger partial charge on any atom is -0.304 e. The van der Waals surface area contributed by atoms with Crippen LogP contribution in [0.2, 0.25) is 0 Å². The van der Waals surface area contributed by atoms with Crippen molar-refractivity contribution in [3.05, 3.63) is 27.3 Å². The Morgan fingerprint density at radius 3 is 2.69 bits per heavy atom. The maximum Gasteiger partial charge on any atom is 0.471 e. The first-order valence-electron chi connectivity index (χ1n) is 4.57. The number of nitrogens with zero attached hydrogens (tertiary/aromatic N) is 1. The van der Waals surface area contributed by atoms with Crippen molar-refractivity contribution in [2.24, 2.45) is 0 Å². The first kappa shape index (κ1) is 11.7. The van der Waals surface area contributed by atoms with Gasteiger partial charge in [0.25, 0.3) is 0 Å². The number of anilines is 1. The highest BCUT2D eigenvalue weighted by Crippen LogP contribution is 2.32. The predicted octanol–water partition coefficient (Wildman–Crippen LogP) is 2.74. The number of carbonyl (C=O) groups is 1. The van der Waals surface area contributed by atoms with Gasteiger partial charge in [0.1, 0.15) is 0 Å². The minimum atomic E-state index is -4.80. The highest BCUT2D eigenvalue weighted by Gasteiger charge is 2.44. The summed E-state index contributed by atoms with van der Waals surface area (Å²) in [6, 6.07) is 5.06. The first-order valence-corrected chi connectivity index (χ1v) is 5.64. The van der Waals surface area contributed by atoms with E-state index in [0.29, 0.717) is 12.1 Å². The Morgan fingerprint density at radius 1 is 1.38 bits per heavy atom. The van der Waals surface area contributed by atoms with Gasteiger partial charge in [0.15, 0.2) is 0 Å². The molecule has 1 heterocycles. The monoisotopic (exact) mass is 341 g/mol. The summed E-state index contributed by atoms with van der Waals surface area (Å²) in [6.45, 7) is 0.105. The van der Waals surface area contributed by atoms with Crippen LogP contribution in [-0.2, 0) is 11.2 Å². The van der Waals surface area contributed by atoms with Gasteiger partial charge in [-0.15, -0.1) is 0 Å². The molecule has 0 aliphatic carbocycles. The molecule has 0 aromatic heterocycles. The number of halogens is 4. The number of carbonyl (C=O) groups excluding carboxylic acids is 1. The van der Waals surface area contributed by atoms with E-state index in [4.69, 9.17) is 0 Å². The Bertz CT molecular complexity index is 444. The number of hydrogen-bond acceptors (Lipinski definition) is 1. The molecule has 2 nitrogen and oxygen atoms in total. The predicted molar refractivity (Wildman–Crippen MR) is 61.3 cm³/mol. The van der Waals surface area contributed by atoms with Crippen LogP contribution < -0.4 is 4.90 Å². The topological polar surface area (TPSA) is 20.3 Å². The number of rotatable bonds is 0. The first-order chi connectivity index (χ1) is 7.39. The molecule has 0 saturated carbocycles. The number of hydrogen-bond donors (Lipinski definition) is 0. The Morgan fingerprint density at radius 2 is 2.06 bits per heavy atom. The lowest BCUT2D eigenvalue weighted by Crippen LogP contribution is -2.40. The van der Waals surface area contributed by atoms with Gasteiger partial charge in [-0.25, -0.2) is 0 Å². The zero-order valence-electron chi connectivity index (χ0n) is 8.01. The zero-order chi connectivity index (χ0) is 11.9. The van der Waals surface area contributed by atoms with E-state index < -0.39 is 12.1 Å². The summed E-state index contributed by atoms with van der Waals surface area (Å²) in [5.74, 6) is -1.78. The highest BCUT2D eigenvalue weighted by molar-refractivity contribution is 14.1. The SMILES string of the molecule is O=C(N1CCc2cc(I)ccc21)C(F)(F)F. The minimum absolute atomic E-state index is 0.105. The summed E-state index contributed by atoms with van der Waals surface area (Å²) in [4.78, 5) is 11.9. The van der Waals surface area contributed by atoms with E-state index in [1.165, 1.54) is 0 Å².